The van der Waals surface area contributed by atoms with Gasteiger partial charge in [-0.3, -0.25) is 9.59 Å². The Labute approximate surface area is 206 Å². The van der Waals surface area contributed by atoms with Crippen molar-refractivity contribution in [1.82, 2.24) is 9.21 Å². The van der Waals surface area contributed by atoms with E-state index in [0.717, 1.165) is 9.87 Å². The molecule has 0 aliphatic heterocycles. The summed E-state index contributed by atoms with van der Waals surface area (Å²) in [6.45, 7) is 7.01. The maximum absolute atomic E-state index is 13.6. The highest BCUT2D eigenvalue weighted by Gasteiger charge is 2.33. The van der Waals surface area contributed by atoms with Crippen LogP contribution in [0.25, 0.3) is 0 Å². The zero-order valence-corrected chi connectivity index (χ0v) is 21.2. The average molecular weight is 498 g/mol. The molecule has 0 saturated heterocycles. The van der Waals surface area contributed by atoms with Gasteiger partial charge in [0.1, 0.15) is 5.76 Å². The molecule has 1 N–H and O–H groups in total. The summed E-state index contributed by atoms with van der Waals surface area (Å²) in [5.41, 5.74) is 0.893. The van der Waals surface area contributed by atoms with E-state index < -0.39 is 15.6 Å². The van der Waals surface area contributed by atoms with Gasteiger partial charge in [0.2, 0.25) is 21.8 Å². The quantitative estimate of drug-likeness (QED) is 0.476. The number of nitrogens with one attached hydrogen (secondary N) is 1. The first-order chi connectivity index (χ1) is 16.5. The Morgan fingerprint density at radius 2 is 1.57 bits per heavy atom. The summed E-state index contributed by atoms with van der Waals surface area (Å²) in [6.07, 6.45) is 1.46. The first-order valence-electron chi connectivity index (χ1n) is 11.2. The molecule has 0 fully saturated rings. The minimum Gasteiger partial charge on any atom is -0.468 e. The van der Waals surface area contributed by atoms with Crippen LogP contribution < -0.4 is 5.32 Å². The minimum absolute atomic E-state index is 0.0105. The lowest BCUT2D eigenvalue weighted by Crippen LogP contribution is -2.50. The Morgan fingerprint density at radius 1 is 0.914 bits per heavy atom. The normalized spacial score (nSPS) is 11.9. The van der Waals surface area contributed by atoms with E-state index in [-0.39, 0.29) is 29.8 Å². The zero-order valence-electron chi connectivity index (χ0n) is 20.4. The van der Waals surface area contributed by atoms with E-state index in [1.807, 2.05) is 51.1 Å². The zero-order chi connectivity index (χ0) is 25.6. The lowest BCUT2D eigenvalue weighted by molar-refractivity contribution is -0.137. The minimum atomic E-state index is -4.06. The Morgan fingerprint density at radius 3 is 2.11 bits per heavy atom. The summed E-state index contributed by atoms with van der Waals surface area (Å²) in [4.78, 5) is 26.5. The van der Waals surface area contributed by atoms with Gasteiger partial charge in [-0.05, 0) is 62.7 Å². The van der Waals surface area contributed by atoms with Gasteiger partial charge in [-0.25, -0.2) is 8.42 Å². The summed E-state index contributed by atoms with van der Waals surface area (Å²) in [6, 6.07) is 18.7. The van der Waals surface area contributed by atoms with E-state index in [9.17, 15) is 18.0 Å². The maximum atomic E-state index is 13.6. The fraction of sp³-hybridized carbons (Fsp3) is 0.308. The third kappa shape index (κ3) is 7.03. The van der Waals surface area contributed by atoms with Crippen molar-refractivity contribution in [2.45, 2.75) is 51.2 Å². The van der Waals surface area contributed by atoms with Crippen LogP contribution in [0.4, 0.5) is 5.69 Å². The number of furan rings is 1. The molecule has 0 radical (unpaired) electrons. The predicted molar refractivity (Wildman–Crippen MR) is 134 cm³/mol. The van der Waals surface area contributed by atoms with Crippen molar-refractivity contribution in [3.8, 4) is 0 Å². The number of rotatable bonds is 9. The summed E-state index contributed by atoms with van der Waals surface area (Å²) in [5, 5.41) is 2.61. The van der Waals surface area contributed by atoms with Crippen LogP contribution in [0.2, 0.25) is 0 Å². The summed E-state index contributed by atoms with van der Waals surface area (Å²) in [7, 11) is -4.06. The molecular weight excluding hydrogens is 466 g/mol. The maximum Gasteiger partial charge on any atom is 0.243 e. The standard InChI is InChI=1S/C26H31N3O5S/c1-20(30)27-22-12-14-24(15-13-22)35(32,33)28(18-23-11-8-16-34-23)19-25(31)29(26(2,3)4)17-21-9-6-5-7-10-21/h5-16H,17-19H2,1-4H3,(H,27,30). The van der Waals surface area contributed by atoms with Crippen molar-refractivity contribution >= 4 is 27.5 Å². The van der Waals surface area contributed by atoms with Crippen LogP contribution in [0.5, 0.6) is 0 Å². The number of nitrogens with zero attached hydrogens (tertiary/aromatic N) is 2. The summed E-state index contributed by atoms with van der Waals surface area (Å²) < 4.78 is 33.7. The second kappa shape index (κ2) is 10.9. The van der Waals surface area contributed by atoms with E-state index in [0.29, 0.717) is 18.0 Å². The van der Waals surface area contributed by atoms with Gasteiger partial charge >= 0.3 is 0 Å². The number of carbonyl (C=O) groups is 2. The first kappa shape index (κ1) is 26.2. The van der Waals surface area contributed by atoms with Crippen LogP contribution in [0, 0.1) is 0 Å². The van der Waals surface area contributed by atoms with Gasteiger partial charge in [0.25, 0.3) is 0 Å². The number of carbonyl (C=O) groups excluding carboxylic acids is 2. The second-order valence-corrected chi connectivity index (χ2v) is 11.1. The largest absolute Gasteiger partial charge is 0.468 e. The average Bonchev–Trinajstić information content (AvgIpc) is 3.30. The van der Waals surface area contributed by atoms with Gasteiger partial charge in [0, 0.05) is 24.7 Å². The molecule has 0 unspecified atom stereocenters. The van der Waals surface area contributed by atoms with Gasteiger partial charge in [-0.2, -0.15) is 4.31 Å². The van der Waals surface area contributed by atoms with Crippen molar-refractivity contribution in [2.24, 2.45) is 0 Å². The molecule has 35 heavy (non-hydrogen) atoms. The number of hydrogen-bond acceptors (Lipinski definition) is 5. The molecule has 0 spiro atoms. The van der Waals surface area contributed by atoms with Gasteiger partial charge in [0.15, 0.2) is 0 Å². The molecule has 9 heteroatoms. The molecule has 0 atom stereocenters. The van der Waals surface area contributed by atoms with Crippen LogP contribution in [-0.4, -0.2) is 41.5 Å². The molecule has 3 aromatic rings. The highest BCUT2D eigenvalue weighted by Crippen LogP contribution is 2.23. The van der Waals surface area contributed by atoms with Crippen LogP contribution in [0.15, 0.2) is 82.3 Å². The van der Waals surface area contributed by atoms with E-state index in [4.69, 9.17) is 4.42 Å². The molecule has 8 nitrogen and oxygen atoms in total. The Kier molecular flexibility index (Phi) is 8.14. The summed E-state index contributed by atoms with van der Waals surface area (Å²) in [5.74, 6) is -0.167. The van der Waals surface area contributed by atoms with Gasteiger partial charge < -0.3 is 14.6 Å². The van der Waals surface area contributed by atoms with Gasteiger partial charge in [-0.1, -0.05) is 30.3 Å². The molecule has 0 aliphatic rings. The molecule has 0 bridgehead atoms. The highest BCUT2D eigenvalue weighted by atomic mass is 32.2. The van der Waals surface area contributed by atoms with Gasteiger partial charge in [-0.15, -0.1) is 0 Å². The highest BCUT2D eigenvalue weighted by molar-refractivity contribution is 7.89. The molecular formula is C26H31N3O5S. The summed E-state index contributed by atoms with van der Waals surface area (Å²) >= 11 is 0. The molecule has 0 aliphatic carbocycles. The van der Waals surface area contributed by atoms with Crippen molar-refractivity contribution < 1.29 is 22.4 Å². The van der Waals surface area contributed by atoms with E-state index in [2.05, 4.69) is 5.32 Å². The molecule has 1 aromatic heterocycles. The fourth-order valence-electron chi connectivity index (χ4n) is 3.57. The predicted octanol–water partition coefficient (Wildman–Crippen LogP) is 4.26. The van der Waals surface area contributed by atoms with Crippen LogP contribution in [-0.2, 0) is 32.7 Å². The van der Waals surface area contributed by atoms with Crippen LogP contribution in [0.3, 0.4) is 0 Å². The molecule has 2 amide bonds. The monoisotopic (exact) mass is 497 g/mol. The second-order valence-electron chi connectivity index (χ2n) is 9.19. The number of hydrogen-bond donors (Lipinski definition) is 1. The Hall–Kier alpha value is -3.43. The van der Waals surface area contributed by atoms with Crippen molar-refractivity contribution in [2.75, 3.05) is 11.9 Å². The van der Waals surface area contributed by atoms with E-state index in [1.165, 1.54) is 37.5 Å². The lowest BCUT2D eigenvalue weighted by Gasteiger charge is -2.37. The number of amides is 2. The Balaban J connectivity index is 1.90. The topological polar surface area (TPSA) is 99.9 Å². The fourth-order valence-corrected chi connectivity index (χ4v) is 4.92. The first-order valence-corrected chi connectivity index (χ1v) is 12.7. The third-order valence-corrected chi connectivity index (χ3v) is 7.14. The molecule has 1 heterocycles. The van der Waals surface area contributed by atoms with Crippen LogP contribution >= 0.6 is 0 Å². The third-order valence-electron chi connectivity index (χ3n) is 5.33. The number of benzene rings is 2. The number of sulfonamides is 1. The van der Waals surface area contributed by atoms with Crippen molar-refractivity contribution in [3.05, 3.63) is 84.3 Å². The Bertz CT molecular complexity index is 1230. The van der Waals surface area contributed by atoms with E-state index in [1.54, 1.807) is 17.0 Å². The number of anilines is 1. The van der Waals surface area contributed by atoms with Gasteiger partial charge in [0.05, 0.1) is 24.2 Å². The molecule has 3 rings (SSSR count). The molecule has 2 aromatic carbocycles. The van der Waals surface area contributed by atoms with Crippen molar-refractivity contribution in [3.63, 3.8) is 0 Å². The SMILES string of the molecule is CC(=O)Nc1ccc(S(=O)(=O)N(CC(=O)N(Cc2ccccc2)C(C)(C)C)Cc2ccco2)cc1. The molecule has 0 saturated carbocycles. The van der Waals surface area contributed by atoms with Crippen molar-refractivity contribution in [1.29, 1.82) is 0 Å². The lowest BCUT2D eigenvalue weighted by atomic mass is 10.0. The smallest absolute Gasteiger partial charge is 0.243 e. The van der Waals surface area contributed by atoms with E-state index >= 15 is 0 Å². The molecule has 186 valence electrons. The van der Waals surface area contributed by atoms with Crippen LogP contribution in [0.1, 0.15) is 39.0 Å².